The maximum atomic E-state index is 11.5. The number of ether oxygens (including phenoxy) is 2. The van der Waals surface area contributed by atoms with E-state index in [9.17, 15) is 4.79 Å². The average Bonchev–Trinajstić information content (AvgIpc) is 2.50. The second-order valence-corrected chi connectivity index (χ2v) is 5.10. The molecule has 0 amide bonds. The zero-order chi connectivity index (χ0) is 15.9. The number of hydrogen-bond acceptors (Lipinski definition) is 4. The summed E-state index contributed by atoms with van der Waals surface area (Å²) in [5, 5.41) is 0. The Kier molecular flexibility index (Phi) is 7.59. The van der Waals surface area contributed by atoms with Gasteiger partial charge in [-0.1, -0.05) is 29.8 Å². The van der Waals surface area contributed by atoms with E-state index in [1.807, 2.05) is 55.5 Å². The largest absolute Gasteiger partial charge is 0.466 e. The fourth-order valence-corrected chi connectivity index (χ4v) is 2.07. The molecule has 2 aromatic carbocycles. The molecule has 23 heavy (non-hydrogen) atoms. The van der Waals surface area contributed by atoms with Crippen molar-refractivity contribution in [3.05, 3.63) is 59.7 Å². The highest BCUT2D eigenvalue weighted by Crippen LogP contribution is 2.25. The van der Waals surface area contributed by atoms with Crippen molar-refractivity contribution < 1.29 is 14.3 Å². The van der Waals surface area contributed by atoms with Crippen molar-refractivity contribution in [2.45, 2.75) is 26.3 Å². The molecule has 2 rings (SSSR count). The van der Waals surface area contributed by atoms with Crippen molar-refractivity contribution in [2.24, 2.45) is 5.73 Å². The minimum absolute atomic E-state index is 0. The summed E-state index contributed by atoms with van der Waals surface area (Å²) < 4.78 is 10.7. The monoisotopic (exact) mass is 335 g/mol. The molecule has 0 aromatic heterocycles. The van der Waals surface area contributed by atoms with Crippen LogP contribution in [0.1, 0.15) is 30.5 Å². The highest BCUT2D eigenvalue weighted by atomic mass is 35.5. The standard InChI is InChI=1S/C18H21NO3.ClH/c1-3-21-18(20)12-17(19)14-5-4-6-16(11-14)22-15-9-7-13(2)8-10-15;/h4-11,17H,3,12,19H2,1-2H3;1H. The first-order valence-electron chi connectivity index (χ1n) is 7.34. The Morgan fingerprint density at radius 1 is 1.13 bits per heavy atom. The van der Waals surface area contributed by atoms with E-state index in [0.29, 0.717) is 12.4 Å². The molecule has 0 aliphatic carbocycles. The molecule has 1 atom stereocenters. The third kappa shape index (κ3) is 5.93. The topological polar surface area (TPSA) is 61.5 Å². The van der Waals surface area contributed by atoms with Crippen LogP contribution in [0.25, 0.3) is 0 Å². The molecule has 0 fully saturated rings. The van der Waals surface area contributed by atoms with Crippen molar-refractivity contribution in [3.8, 4) is 11.5 Å². The molecule has 0 bridgehead atoms. The molecule has 0 radical (unpaired) electrons. The summed E-state index contributed by atoms with van der Waals surface area (Å²) in [5.74, 6) is 1.17. The van der Waals surface area contributed by atoms with Crippen LogP contribution in [-0.2, 0) is 9.53 Å². The Bertz CT molecular complexity index is 628. The summed E-state index contributed by atoms with van der Waals surface area (Å²) in [7, 11) is 0. The van der Waals surface area contributed by atoms with Gasteiger partial charge in [-0.3, -0.25) is 4.79 Å². The molecule has 0 saturated heterocycles. The number of rotatable bonds is 6. The number of nitrogens with two attached hydrogens (primary N) is 1. The number of hydrogen-bond donors (Lipinski definition) is 1. The quantitative estimate of drug-likeness (QED) is 0.805. The van der Waals surface area contributed by atoms with Gasteiger partial charge in [0.15, 0.2) is 0 Å². The molecular weight excluding hydrogens is 314 g/mol. The van der Waals surface area contributed by atoms with Gasteiger partial charge in [0.1, 0.15) is 11.5 Å². The minimum Gasteiger partial charge on any atom is -0.466 e. The van der Waals surface area contributed by atoms with E-state index in [1.165, 1.54) is 5.56 Å². The van der Waals surface area contributed by atoms with E-state index < -0.39 is 6.04 Å². The van der Waals surface area contributed by atoms with Gasteiger partial charge >= 0.3 is 5.97 Å². The average molecular weight is 336 g/mol. The fourth-order valence-electron chi connectivity index (χ4n) is 2.07. The normalized spacial score (nSPS) is 11.3. The lowest BCUT2D eigenvalue weighted by molar-refractivity contribution is -0.143. The minimum atomic E-state index is -0.402. The molecule has 2 N–H and O–H groups in total. The smallest absolute Gasteiger partial charge is 0.307 e. The van der Waals surface area contributed by atoms with Gasteiger partial charge in [0, 0.05) is 6.04 Å². The van der Waals surface area contributed by atoms with Crippen LogP contribution in [-0.4, -0.2) is 12.6 Å². The zero-order valence-corrected chi connectivity index (χ0v) is 14.1. The number of benzene rings is 2. The molecule has 2 aromatic rings. The van der Waals surface area contributed by atoms with E-state index in [1.54, 1.807) is 6.92 Å². The maximum Gasteiger partial charge on any atom is 0.307 e. The summed E-state index contributed by atoms with van der Waals surface area (Å²) in [4.78, 5) is 11.5. The summed E-state index contributed by atoms with van der Waals surface area (Å²) in [6.45, 7) is 4.17. The first-order chi connectivity index (χ1) is 10.6. The van der Waals surface area contributed by atoms with E-state index >= 15 is 0 Å². The van der Waals surface area contributed by atoms with E-state index in [4.69, 9.17) is 15.2 Å². The number of esters is 1. The van der Waals surface area contributed by atoms with Crippen molar-refractivity contribution >= 4 is 18.4 Å². The summed E-state index contributed by atoms with van der Waals surface area (Å²) in [6.07, 6.45) is 0.155. The van der Waals surface area contributed by atoms with E-state index in [0.717, 1.165) is 11.3 Å². The summed E-state index contributed by atoms with van der Waals surface area (Å²) in [6, 6.07) is 14.9. The van der Waals surface area contributed by atoms with Gasteiger partial charge in [-0.15, -0.1) is 12.4 Å². The first kappa shape index (κ1) is 19.0. The van der Waals surface area contributed by atoms with Crippen LogP contribution in [0.3, 0.4) is 0 Å². The van der Waals surface area contributed by atoms with Crippen molar-refractivity contribution in [1.82, 2.24) is 0 Å². The number of halogens is 1. The van der Waals surface area contributed by atoms with Gasteiger partial charge in [-0.2, -0.15) is 0 Å². The molecule has 4 nitrogen and oxygen atoms in total. The van der Waals surface area contributed by atoms with Crippen LogP contribution in [0.15, 0.2) is 48.5 Å². The van der Waals surface area contributed by atoms with Crippen molar-refractivity contribution in [2.75, 3.05) is 6.61 Å². The van der Waals surface area contributed by atoms with Gasteiger partial charge in [-0.05, 0) is 43.7 Å². The van der Waals surface area contributed by atoms with Crippen LogP contribution >= 0.6 is 12.4 Å². The second kappa shape index (κ2) is 9.18. The Balaban J connectivity index is 0.00000264. The Morgan fingerprint density at radius 3 is 2.48 bits per heavy atom. The number of carbonyl (C=O) groups is 1. The Labute approximate surface area is 143 Å². The van der Waals surface area contributed by atoms with Crippen LogP contribution < -0.4 is 10.5 Å². The molecule has 0 saturated carbocycles. The predicted octanol–water partition coefficient (Wildman–Crippen LogP) is 4.16. The first-order valence-corrected chi connectivity index (χ1v) is 7.34. The Hall–Kier alpha value is -2.04. The van der Waals surface area contributed by atoms with Crippen LogP contribution in [0.4, 0.5) is 0 Å². The van der Waals surface area contributed by atoms with Gasteiger partial charge in [0.2, 0.25) is 0 Å². The lowest BCUT2D eigenvalue weighted by Crippen LogP contribution is -2.17. The molecule has 1 unspecified atom stereocenters. The van der Waals surface area contributed by atoms with Gasteiger partial charge in [0.25, 0.3) is 0 Å². The van der Waals surface area contributed by atoms with Crippen molar-refractivity contribution in [3.63, 3.8) is 0 Å². The Morgan fingerprint density at radius 2 is 1.83 bits per heavy atom. The maximum absolute atomic E-state index is 11.5. The second-order valence-electron chi connectivity index (χ2n) is 5.10. The van der Waals surface area contributed by atoms with Gasteiger partial charge in [0.05, 0.1) is 13.0 Å². The van der Waals surface area contributed by atoms with Crippen LogP contribution in [0.5, 0.6) is 11.5 Å². The summed E-state index contributed by atoms with van der Waals surface area (Å²) in [5.41, 5.74) is 8.08. The molecule has 0 spiro atoms. The molecule has 124 valence electrons. The third-order valence-electron chi connectivity index (χ3n) is 3.23. The number of carbonyl (C=O) groups excluding carboxylic acids is 1. The highest BCUT2D eigenvalue weighted by Gasteiger charge is 2.13. The van der Waals surface area contributed by atoms with E-state index in [2.05, 4.69) is 0 Å². The fraction of sp³-hybridized carbons (Fsp3) is 0.278. The zero-order valence-electron chi connectivity index (χ0n) is 13.3. The highest BCUT2D eigenvalue weighted by molar-refractivity contribution is 5.85. The molecule has 0 aliphatic heterocycles. The molecule has 0 heterocycles. The van der Waals surface area contributed by atoms with Gasteiger partial charge in [-0.25, -0.2) is 0 Å². The SMILES string of the molecule is CCOC(=O)CC(N)c1cccc(Oc2ccc(C)cc2)c1.Cl. The van der Waals surface area contributed by atoms with Gasteiger partial charge < -0.3 is 15.2 Å². The lowest BCUT2D eigenvalue weighted by atomic mass is 10.0. The predicted molar refractivity (Wildman–Crippen MR) is 93.1 cm³/mol. The summed E-state index contributed by atoms with van der Waals surface area (Å²) >= 11 is 0. The number of aryl methyl sites for hydroxylation is 1. The van der Waals surface area contributed by atoms with Crippen LogP contribution in [0, 0.1) is 6.92 Å². The van der Waals surface area contributed by atoms with Crippen LogP contribution in [0.2, 0.25) is 0 Å². The third-order valence-corrected chi connectivity index (χ3v) is 3.23. The molecule has 5 heteroatoms. The van der Waals surface area contributed by atoms with E-state index in [-0.39, 0.29) is 24.8 Å². The molecular formula is C18H22ClNO3. The molecule has 0 aliphatic rings. The lowest BCUT2D eigenvalue weighted by Gasteiger charge is -2.13. The van der Waals surface area contributed by atoms with Crippen molar-refractivity contribution in [1.29, 1.82) is 0 Å².